The number of carbonyl (C=O) groups is 2. The summed E-state index contributed by atoms with van der Waals surface area (Å²) in [6.45, 7) is 5.44. The van der Waals surface area contributed by atoms with Crippen LogP contribution in [0, 0.1) is 6.92 Å². The van der Waals surface area contributed by atoms with Crippen molar-refractivity contribution in [2.75, 3.05) is 39.2 Å². The molecule has 1 aromatic carbocycles. The van der Waals surface area contributed by atoms with Gasteiger partial charge in [0.2, 0.25) is 5.91 Å². The number of rotatable bonds is 11. The summed E-state index contributed by atoms with van der Waals surface area (Å²) in [5.74, 6) is 0.253. The number of hydrogen-bond acceptors (Lipinski definition) is 7. The Morgan fingerprint density at radius 3 is 2.74 bits per heavy atom. The van der Waals surface area contributed by atoms with Crippen LogP contribution in [0.3, 0.4) is 0 Å². The van der Waals surface area contributed by atoms with Crippen LogP contribution in [-0.4, -0.2) is 55.3 Å². The third-order valence-corrected chi connectivity index (χ3v) is 6.02. The smallest absolute Gasteiger partial charge is 0.281 e. The Labute approximate surface area is 208 Å². The second-order valence-electron chi connectivity index (χ2n) is 7.69. The summed E-state index contributed by atoms with van der Waals surface area (Å²) in [6.07, 6.45) is 2.19. The van der Waals surface area contributed by atoms with Gasteiger partial charge in [-0.2, -0.15) is 4.99 Å². The van der Waals surface area contributed by atoms with Gasteiger partial charge in [0.25, 0.3) is 5.91 Å². The molecule has 0 atom stereocenters. The van der Waals surface area contributed by atoms with Gasteiger partial charge in [0.15, 0.2) is 4.80 Å². The fourth-order valence-corrected chi connectivity index (χ4v) is 4.38. The van der Waals surface area contributed by atoms with Crippen LogP contribution in [-0.2, 0) is 16.1 Å². The van der Waals surface area contributed by atoms with Crippen molar-refractivity contribution in [1.82, 2.24) is 14.9 Å². The molecule has 0 unspecified atom stereocenters. The minimum absolute atomic E-state index is 0.0220. The quantitative estimate of drug-likeness (QED) is 0.394. The number of thiazole rings is 1. The van der Waals surface area contributed by atoms with Crippen LogP contribution >= 0.6 is 11.3 Å². The molecule has 0 bridgehead atoms. The Balaban J connectivity index is 1.96. The van der Waals surface area contributed by atoms with Crippen molar-refractivity contribution >= 4 is 28.8 Å². The molecule has 186 valence electrons. The van der Waals surface area contributed by atoms with Gasteiger partial charge in [-0.3, -0.25) is 14.6 Å². The van der Waals surface area contributed by atoms with Crippen LogP contribution in [0.1, 0.15) is 29.4 Å². The molecule has 0 spiro atoms. The molecule has 0 aliphatic carbocycles. The number of hydrogen-bond donors (Lipinski definition) is 2. The van der Waals surface area contributed by atoms with Gasteiger partial charge < -0.3 is 24.7 Å². The van der Waals surface area contributed by atoms with E-state index in [4.69, 9.17) is 9.47 Å². The number of aryl methyl sites for hydroxylation is 1. The third-order valence-electron chi connectivity index (χ3n) is 5.16. The van der Waals surface area contributed by atoms with Gasteiger partial charge in [-0.1, -0.05) is 0 Å². The van der Waals surface area contributed by atoms with Crippen molar-refractivity contribution in [3.63, 3.8) is 0 Å². The van der Waals surface area contributed by atoms with Gasteiger partial charge in [0, 0.05) is 61.8 Å². The van der Waals surface area contributed by atoms with Crippen molar-refractivity contribution in [2.24, 2.45) is 4.99 Å². The van der Waals surface area contributed by atoms with Crippen molar-refractivity contribution in [2.45, 2.75) is 26.8 Å². The SMILES string of the molecule is CCOc1ccc(-c2csc(=NC(=O)c3ccc(C)nc3)n2CCCNC(=O)COC)c(NC)c1. The van der Waals surface area contributed by atoms with Crippen LogP contribution in [0.5, 0.6) is 5.75 Å². The van der Waals surface area contributed by atoms with Crippen LogP contribution in [0.25, 0.3) is 11.3 Å². The first kappa shape index (κ1) is 26.1. The normalized spacial score (nSPS) is 11.4. The topological polar surface area (TPSA) is 107 Å². The summed E-state index contributed by atoms with van der Waals surface area (Å²) >= 11 is 1.39. The zero-order chi connectivity index (χ0) is 25.2. The molecule has 3 aromatic rings. The standard InChI is InChI=1S/C25H31N5O4S/c1-5-34-19-9-10-20(21(13-19)26-3)22-16-35-25(29-24(32)18-8-7-17(2)28-14-18)30(22)12-6-11-27-23(31)15-33-4/h7-10,13-14,16,26H,5-6,11-12,15H2,1-4H3,(H,27,31). The minimum Gasteiger partial charge on any atom is -0.494 e. The summed E-state index contributed by atoms with van der Waals surface area (Å²) in [4.78, 5) is 33.7. The molecule has 0 saturated heterocycles. The summed E-state index contributed by atoms with van der Waals surface area (Å²) in [6, 6.07) is 9.38. The van der Waals surface area contributed by atoms with Gasteiger partial charge >= 0.3 is 0 Å². The van der Waals surface area contributed by atoms with E-state index in [1.807, 2.05) is 49.0 Å². The molecule has 35 heavy (non-hydrogen) atoms. The Hall–Kier alpha value is -3.50. The van der Waals surface area contributed by atoms with Gasteiger partial charge in [-0.25, -0.2) is 0 Å². The molecule has 0 saturated carbocycles. The van der Waals surface area contributed by atoms with Gasteiger partial charge in [-0.15, -0.1) is 11.3 Å². The minimum atomic E-state index is -0.353. The maximum Gasteiger partial charge on any atom is 0.281 e. The summed E-state index contributed by atoms with van der Waals surface area (Å²) in [5.41, 5.74) is 4.04. The second kappa shape index (κ2) is 12.8. The molecule has 9 nitrogen and oxygen atoms in total. The van der Waals surface area contributed by atoms with E-state index < -0.39 is 0 Å². The summed E-state index contributed by atoms with van der Waals surface area (Å²) < 4.78 is 12.5. The lowest BCUT2D eigenvalue weighted by molar-refractivity contribution is -0.124. The largest absolute Gasteiger partial charge is 0.494 e. The van der Waals surface area contributed by atoms with E-state index >= 15 is 0 Å². The van der Waals surface area contributed by atoms with Gasteiger partial charge in [-0.05, 0) is 44.5 Å². The van der Waals surface area contributed by atoms with Gasteiger partial charge in [0.05, 0.1) is 17.9 Å². The molecule has 10 heteroatoms. The molecular formula is C25H31N5O4S. The van der Waals surface area contributed by atoms with Crippen molar-refractivity contribution in [1.29, 1.82) is 0 Å². The average Bonchev–Trinajstić information content (AvgIpc) is 3.24. The van der Waals surface area contributed by atoms with Crippen molar-refractivity contribution < 1.29 is 19.1 Å². The lowest BCUT2D eigenvalue weighted by atomic mass is 10.1. The zero-order valence-corrected chi connectivity index (χ0v) is 21.3. The number of amides is 2. The molecule has 2 heterocycles. The highest BCUT2D eigenvalue weighted by atomic mass is 32.1. The molecule has 2 N–H and O–H groups in total. The lowest BCUT2D eigenvalue weighted by Gasteiger charge is -2.14. The molecule has 3 rings (SSSR count). The predicted octanol–water partition coefficient (Wildman–Crippen LogP) is 3.25. The fourth-order valence-electron chi connectivity index (χ4n) is 3.45. The number of ether oxygens (including phenoxy) is 2. The monoisotopic (exact) mass is 497 g/mol. The van der Waals surface area contributed by atoms with Crippen molar-refractivity contribution in [3.8, 4) is 17.0 Å². The maximum absolute atomic E-state index is 12.8. The molecular weight excluding hydrogens is 466 g/mol. The number of methoxy groups -OCH3 is 1. The lowest BCUT2D eigenvalue weighted by Crippen LogP contribution is -2.29. The molecule has 0 aliphatic heterocycles. The van der Waals surface area contributed by atoms with E-state index in [1.165, 1.54) is 24.6 Å². The van der Waals surface area contributed by atoms with Crippen LogP contribution in [0.2, 0.25) is 0 Å². The first-order valence-electron chi connectivity index (χ1n) is 11.4. The first-order chi connectivity index (χ1) is 17.0. The third kappa shape index (κ3) is 7.00. The molecule has 0 aliphatic rings. The highest BCUT2D eigenvalue weighted by molar-refractivity contribution is 7.07. The Kier molecular flexibility index (Phi) is 9.56. The van der Waals surface area contributed by atoms with E-state index in [0.717, 1.165) is 28.4 Å². The number of pyridine rings is 1. The predicted molar refractivity (Wildman–Crippen MR) is 137 cm³/mol. The number of aromatic nitrogens is 2. The van der Waals surface area contributed by atoms with E-state index in [2.05, 4.69) is 20.6 Å². The Morgan fingerprint density at radius 2 is 2.06 bits per heavy atom. The fraction of sp³-hybridized carbons (Fsp3) is 0.360. The number of nitrogens with zero attached hydrogens (tertiary/aromatic N) is 3. The summed E-state index contributed by atoms with van der Waals surface area (Å²) in [5, 5.41) is 8.05. The Morgan fingerprint density at radius 1 is 1.23 bits per heavy atom. The van der Waals surface area contributed by atoms with E-state index in [1.54, 1.807) is 12.1 Å². The number of nitrogens with one attached hydrogen (secondary N) is 2. The summed E-state index contributed by atoms with van der Waals surface area (Å²) in [7, 11) is 3.34. The molecule has 0 fully saturated rings. The van der Waals surface area contributed by atoms with Crippen LogP contribution in [0.4, 0.5) is 5.69 Å². The van der Waals surface area contributed by atoms with Gasteiger partial charge in [0.1, 0.15) is 12.4 Å². The highest BCUT2D eigenvalue weighted by Gasteiger charge is 2.14. The van der Waals surface area contributed by atoms with Crippen LogP contribution in [0.15, 0.2) is 46.9 Å². The number of benzene rings is 1. The van der Waals surface area contributed by atoms with E-state index in [-0.39, 0.29) is 18.4 Å². The Bertz CT molecular complexity index is 1220. The van der Waals surface area contributed by atoms with Crippen LogP contribution < -0.4 is 20.2 Å². The first-order valence-corrected chi connectivity index (χ1v) is 12.3. The van der Waals surface area contributed by atoms with Crippen molar-refractivity contribution in [3.05, 3.63) is 58.0 Å². The highest BCUT2D eigenvalue weighted by Crippen LogP contribution is 2.32. The maximum atomic E-state index is 12.8. The molecule has 2 aromatic heterocycles. The molecule has 2 amide bonds. The van der Waals surface area contributed by atoms with E-state index in [0.29, 0.717) is 36.5 Å². The second-order valence-corrected chi connectivity index (χ2v) is 8.52. The zero-order valence-electron chi connectivity index (χ0n) is 20.5. The number of anilines is 1. The number of carbonyl (C=O) groups excluding carboxylic acids is 2. The average molecular weight is 498 g/mol. The molecule has 0 radical (unpaired) electrons. The van der Waals surface area contributed by atoms with E-state index in [9.17, 15) is 9.59 Å².